The molecule has 0 saturated carbocycles. The molecule has 1 saturated heterocycles. The first-order valence-electron chi connectivity index (χ1n) is 48.3. The van der Waals surface area contributed by atoms with Gasteiger partial charge in [0.1, 0.15) is 23.3 Å². The van der Waals surface area contributed by atoms with Crippen LogP contribution in [0.25, 0.3) is 233 Å². The van der Waals surface area contributed by atoms with Crippen LogP contribution < -0.4 is 5.46 Å². The summed E-state index contributed by atoms with van der Waals surface area (Å²) in [5.41, 5.74) is 28.1. The Hall–Kier alpha value is -17.3. The predicted molar refractivity (Wildman–Crippen MR) is 595 cm³/mol. The second-order valence-electron chi connectivity index (χ2n) is 37.6. The summed E-state index contributed by atoms with van der Waals surface area (Å²) >= 11 is 3.68. The smallest absolute Gasteiger partial charge is 0.399 e. The van der Waals surface area contributed by atoms with Crippen LogP contribution in [0.4, 0.5) is 0 Å². The molecule has 5 heterocycles. The van der Waals surface area contributed by atoms with Crippen molar-refractivity contribution in [3.8, 4) is 124 Å². The molecule has 0 spiro atoms. The van der Waals surface area contributed by atoms with E-state index in [-0.39, 0.29) is 18.3 Å². The average Bonchev–Trinajstić information content (AvgIpc) is 1.56. The Balaban J connectivity index is 0.000000120. The normalized spacial score (nSPS) is 12.9. The fourth-order valence-electron chi connectivity index (χ4n) is 20.8. The van der Waals surface area contributed by atoms with Crippen LogP contribution in [0.3, 0.4) is 0 Å². The van der Waals surface area contributed by atoms with E-state index in [1.807, 2.05) is 24.3 Å². The van der Waals surface area contributed by atoms with Crippen molar-refractivity contribution >= 4 is 137 Å². The number of hydrogen-bond donors (Lipinski definition) is 0. The van der Waals surface area contributed by atoms with Gasteiger partial charge in [0.05, 0.1) is 55.3 Å². The maximum absolute atomic E-state index is 6.29. The molecule has 1 aliphatic rings. The van der Waals surface area contributed by atoms with Gasteiger partial charge in [0, 0.05) is 49.5 Å². The molecule has 0 unspecified atom stereocenters. The molecule has 0 atom stereocenters. The maximum Gasteiger partial charge on any atom is 0.494 e. The van der Waals surface area contributed by atoms with Crippen molar-refractivity contribution in [2.75, 3.05) is 0 Å². The van der Waals surface area contributed by atoms with E-state index in [9.17, 15) is 0 Å². The SMILES string of the molecule is Brc1cccc(-c2cc(-c3nc4ccccc4n3-c3ccccc3)cc(-c3nc4ccccc4n3-c3ccccc3)c2)c1.CC1(C)OB(c2cccc(-c3ccc4c5ccccc5c5ccccc5c4c3)c2)OC1(C)C.c1ccc(-n2c(-c3cc(-c4cccc(-c5cccc(-c6ccc7c8ccccc8c8ccccc8c7c6)c5)c4)cc(-c4nc5ccccc5n4-c4ccccc4)c3)nc3ccccc32)cc1. The largest absolute Gasteiger partial charge is 0.494 e. The van der Waals surface area contributed by atoms with E-state index < -0.39 is 0 Å². The third kappa shape index (κ3) is 15.8. The molecule has 22 aromatic carbocycles. The minimum atomic E-state index is -0.361. The van der Waals surface area contributed by atoms with E-state index in [2.05, 4.69) is 523 Å². The number of fused-ring (bicyclic) bond motifs is 16. The van der Waals surface area contributed by atoms with Crippen LogP contribution in [0.2, 0.25) is 0 Å². The number of halogens is 1. The summed E-state index contributed by atoms with van der Waals surface area (Å²) in [7, 11) is -0.361. The van der Waals surface area contributed by atoms with Crippen molar-refractivity contribution in [2.24, 2.45) is 0 Å². The first-order chi connectivity index (χ1) is 69.8. The molecule has 10 nitrogen and oxygen atoms in total. The number of imidazole rings is 4. The number of rotatable bonds is 14. The van der Waals surface area contributed by atoms with Gasteiger partial charge in [0.15, 0.2) is 0 Å². The van der Waals surface area contributed by atoms with E-state index in [0.29, 0.717) is 0 Å². The molecule has 142 heavy (non-hydrogen) atoms. The lowest BCUT2D eigenvalue weighted by Crippen LogP contribution is -2.41. The van der Waals surface area contributed by atoms with Gasteiger partial charge in [-0.25, -0.2) is 19.9 Å². The maximum atomic E-state index is 6.29. The molecule has 4 aromatic heterocycles. The van der Waals surface area contributed by atoms with E-state index in [1.165, 1.54) is 86.9 Å². The lowest BCUT2D eigenvalue weighted by molar-refractivity contribution is 0.00578. The number of para-hydroxylation sites is 12. The standard InChI is InChI=1S/C62H40N4.C38H25BrN4.C30H27BO2/c1-3-21-49(22-4-1)65-59-31-13-11-29-57(59)63-61(65)47-37-46(38-48(39-47)62-64-58-30-12-14-32-60(58)66(62)50-23-5-2-6-24-50)44-20-16-18-42(36-44)41-17-15-19-43(35-41)45-33-34-55-53-27-8-7-25-51(53)52-26-9-10-28-54(52)56(55)40-45;39-30-13-11-12-26(25-30)27-22-28(37-40-33-18-7-9-20-35(33)42(37)31-14-3-1-4-15-31)24-29(23-27)38-41-34-19-8-10-21-36(34)43(38)32-16-5-2-6-17-32;1-29(2)30(3,4)33-31(32-29)22-11-9-10-20(18-22)21-16-17-27-25-14-6-5-12-23(25)24-13-7-8-15-26(24)28(27)19-21/h1-40H;1-25H;5-19H,1-4H3. The van der Waals surface area contributed by atoms with Crippen molar-refractivity contribution in [2.45, 2.75) is 38.9 Å². The van der Waals surface area contributed by atoms with Crippen LogP contribution in [0.5, 0.6) is 0 Å². The summed E-state index contributed by atoms with van der Waals surface area (Å²) in [5.74, 6) is 3.50. The summed E-state index contributed by atoms with van der Waals surface area (Å²) < 4.78 is 22.7. The lowest BCUT2D eigenvalue weighted by atomic mass is 9.78. The molecular formula is C130H92BBrN8O2. The second kappa shape index (κ2) is 35.9. The molecule has 674 valence electrons. The van der Waals surface area contributed by atoms with Gasteiger partial charge in [-0.1, -0.05) is 331 Å². The highest BCUT2D eigenvalue weighted by atomic mass is 79.9. The zero-order valence-electron chi connectivity index (χ0n) is 78.5. The quantitative estimate of drug-likeness (QED) is 0.0796. The van der Waals surface area contributed by atoms with Crippen LogP contribution >= 0.6 is 15.9 Å². The van der Waals surface area contributed by atoms with Gasteiger partial charge in [-0.15, -0.1) is 0 Å². The number of aromatic nitrogens is 8. The highest BCUT2D eigenvalue weighted by molar-refractivity contribution is 9.10. The lowest BCUT2D eigenvalue weighted by Gasteiger charge is -2.32. The Bertz CT molecular complexity index is 9060. The molecule has 0 aliphatic carbocycles. The van der Waals surface area contributed by atoms with Gasteiger partial charge in [0.25, 0.3) is 0 Å². The predicted octanol–water partition coefficient (Wildman–Crippen LogP) is 33.4. The third-order valence-corrected chi connectivity index (χ3v) is 28.8. The molecule has 27 rings (SSSR count). The Labute approximate surface area is 831 Å². The molecule has 0 bridgehead atoms. The van der Waals surface area contributed by atoms with Gasteiger partial charge in [0.2, 0.25) is 0 Å². The molecular weight excluding hydrogens is 1800 g/mol. The summed E-state index contributed by atoms with van der Waals surface area (Å²) in [6.07, 6.45) is 0. The van der Waals surface area contributed by atoms with Crippen LogP contribution in [0.15, 0.2) is 490 Å². The summed E-state index contributed by atoms with van der Waals surface area (Å²) in [5, 5.41) is 15.4. The van der Waals surface area contributed by atoms with Crippen molar-refractivity contribution in [1.82, 2.24) is 38.2 Å². The second-order valence-corrected chi connectivity index (χ2v) is 38.5. The minimum absolute atomic E-state index is 0.351. The van der Waals surface area contributed by atoms with E-state index in [1.54, 1.807) is 0 Å². The van der Waals surface area contributed by atoms with Crippen molar-refractivity contribution in [3.63, 3.8) is 0 Å². The molecule has 12 heteroatoms. The van der Waals surface area contributed by atoms with Gasteiger partial charge in [-0.2, -0.15) is 0 Å². The number of benzene rings is 22. The van der Waals surface area contributed by atoms with Gasteiger partial charge >= 0.3 is 7.12 Å². The number of nitrogens with zero attached hydrogens (tertiary/aromatic N) is 8. The molecule has 0 N–H and O–H groups in total. The fraction of sp³-hybridized carbons (Fsp3) is 0.0462. The summed E-state index contributed by atoms with van der Waals surface area (Å²) in [6, 6.07) is 172. The highest BCUT2D eigenvalue weighted by Crippen LogP contribution is 2.46. The summed E-state index contributed by atoms with van der Waals surface area (Å²) in [4.78, 5) is 21.1. The molecule has 1 aliphatic heterocycles. The Morgan fingerprint density at radius 2 is 0.415 bits per heavy atom. The molecule has 26 aromatic rings. The van der Waals surface area contributed by atoms with Crippen molar-refractivity contribution < 1.29 is 9.31 Å². The Morgan fingerprint density at radius 1 is 0.190 bits per heavy atom. The van der Waals surface area contributed by atoms with Crippen molar-refractivity contribution in [1.29, 1.82) is 0 Å². The monoisotopic (exact) mass is 1890 g/mol. The van der Waals surface area contributed by atoms with Crippen LogP contribution in [0, 0.1) is 0 Å². The van der Waals surface area contributed by atoms with Gasteiger partial charge in [-0.05, 0) is 323 Å². The molecule has 0 amide bonds. The topological polar surface area (TPSA) is 89.7 Å². The first-order valence-corrected chi connectivity index (χ1v) is 49.1. The van der Waals surface area contributed by atoms with E-state index in [0.717, 1.165) is 156 Å². The van der Waals surface area contributed by atoms with E-state index >= 15 is 0 Å². The van der Waals surface area contributed by atoms with Crippen LogP contribution in [-0.2, 0) is 9.31 Å². The zero-order chi connectivity index (χ0) is 95.1. The third-order valence-electron chi connectivity index (χ3n) is 28.3. The van der Waals surface area contributed by atoms with Crippen LogP contribution in [0.1, 0.15) is 27.7 Å². The zero-order valence-corrected chi connectivity index (χ0v) is 80.1. The van der Waals surface area contributed by atoms with Gasteiger partial charge in [-0.3, -0.25) is 18.3 Å². The van der Waals surface area contributed by atoms with E-state index in [4.69, 9.17) is 29.2 Å². The van der Waals surface area contributed by atoms with Crippen LogP contribution in [-0.4, -0.2) is 56.5 Å². The first kappa shape index (κ1) is 86.3. The summed E-state index contributed by atoms with van der Waals surface area (Å²) in [6.45, 7) is 8.37. The Morgan fingerprint density at radius 3 is 0.725 bits per heavy atom. The van der Waals surface area contributed by atoms with Crippen molar-refractivity contribution in [3.05, 3.63) is 490 Å². The minimum Gasteiger partial charge on any atom is -0.399 e. The number of hydrogen-bond acceptors (Lipinski definition) is 6. The van der Waals surface area contributed by atoms with Gasteiger partial charge < -0.3 is 9.31 Å². The Kier molecular flexibility index (Phi) is 21.9. The average molecular weight is 1890 g/mol. The molecule has 0 radical (unpaired) electrons. The molecule has 1 fully saturated rings. The fourth-order valence-corrected chi connectivity index (χ4v) is 21.2. The highest BCUT2D eigenvalue weighted by Gasteiger charge is 2.52.